The molecule has 3 N–H and O–H groups in total. The second-order valence-electron chi connectivity index (χ2n) is 5.50. The number of para-hydroxylation sites is 1. The monoisotopic (exact) mass is 321 g/mol. The first-order valence-corrected chi connectivity index (χ1v) is 7.80. The fourth-order valence-electron chi connectivity index (χ4n) is 2.39. The van der Waals surface area contributed by atoms with Gasteiger partial charge in [-0.3, -0.25) is 4.90 Å². The van der Waals surface area contributed by atoms with Crippen molar-refractivity contribution in [2.24, 2.45) is 5.73 Å². The van der Waals surface area contributed by atoms with Crippen LogP contribution in [0, 0.1) is 0 Å². The van der Waals surface area contributed by atoms with Crippen LogP contribution in [-0.4, -0.2) is 27.5 Å². The number of hydrogen-bond acceptors (Lipinski definition) is 3. The molecule has 2 aromatic carbocycles. The predicted molar refractivity (Wildman–Crippen MR) is 93.3 cm³/mol. The van der Waals surface area contributed by atoms with Crippen molar-refractivity contribution in [1.29, 1.82) is 0 Å². The van der Waals surface area contributed by atoms with E-state index in [4.69, 9.17) is 5.73 Å². The molecule has 1 aromatic heterocycles. The third kappa shape index (κ3) is 3.98. The summed E-state index contributed by atoms with van der Waals surface area (Å²) in [6.45, 7) is 0. The Kier molecular flexibility index (Phi) is 4.86. The summed E-state index contributed by atoms with van der Waals surface area (Å²) in [7, 11) is 0. The van der Waals surface area contributed by atoms with E-state index in [9.17, 15) is 4.79 Å². The van der Waals surface area contributed by atoms with Gasteiger partial charge in [-0.1, -0.05) is 48.5 Å². The predicted octanol–water partition coefficient (Wildman–Crippen LogP) is 3.21. The van der Waals surface area contributed by atoms with Crippen LogP contribution in [0.15, 0.2) is 66.9 Å². The molecular formula is C18H19N5O. The van der Waals surface area contributed by atoms with Crippen molar-refractivity contribution < 1.29 is 4.79 Å². The van der Waals surface area contributed by atoms with Crippen molar-refractivity contribution in [1.82, 2.24) is 15.4 Å². The molecular weight excluding hydrogens is 302 g/mol. The van der Waals surface area contributed by atoms with Crippen LogP contribution in [0.2, 0.25) is 0 Å². The lowest BCUT2D eigenvalue weighted by molar-refractivity contribution is 0.253. The highest BCUT2D eigenvalue weighted by molar-refractivity contribution is 5.91. The number of rotatable bonds is 3. The number of hydrogen-bond donors (Lipinski definition) is 2. The van der Waals surface area contributed by atoms with E-state index in [-0.39, 0.29) is 6.03 Å². The molecule has 0 aliphatic heterocycles. The number of carbonyl (C=O) groups is 1. The molecule has 6 nitrogen and oxygen atoms in total. The van der Waals surface area contributed by atoms with Gasteiger partial charge in [0.25, 0.3) is 0 Å². The van der Waals surface area contributed by atoms with Crippen LogP contribution in [0.4, 0.5) is 10.5 Å². The van der Waals surface area contributed by atoms with E-state index in [1.165, 1.54) is 0 Å². The summed E-state index contributed by atoms with van der Waals surface area (Å²) in [4.78, 5) is 12.8. The number of anilines is 1. The molecule has 3 aromatic rings. The number of nitrogens with zero attached hydrogens (tertiary/aromatic N) is 3. The van der Waals surface area contributed by atoms with E-state index in [0.717, 1.165) is 29.8 Å². The van der Waals surface area contributed by atoms with Gasteiger partial charge < -0.3 is 5.73 Å². The molecule has 1 fully saturated rings. The number of nitrogens with two attached hydrogens (primary N) is 1. The van der Waals surface area contributed by atoms with Crippen LogP contribution in [0.25, 0.3) is 11.3 Å². The molecule has 1 aliphatic carbocycles. The number of carbonyl (C=O) groups excluding carboxylic acids is 1. The Balaban J connectivity index is 0.000000143. The van der Waals surface area contributed by atoms with Crippen molar-refractivity contribution in [3.63, 3.8) is 0 Å². The fraction of sp³-hybridized carbons (Fsp3) is 0.167. The van der Waals surface area contributed by atoms with Crippen LogP contribution in [0.5, 0.6) is 0 Å². The van der Waals surface area contributed by atoms with Gasteiger partial charge in [0.2, 0.25) is 0 Å². The largest absolute Gasteiger partial charge is 0.351 e. The molecule has 24 heavy (non-hydrogen) atoms. The van der Waals surface area contributed by atoms with Gasteiger partial charge in [-0.25, -0.2) is 4.79 Å². The summed E-state index contributed by atoms with van der Waals surface area (Å²) in [5.41, 5.74) is 8.16. The van der Waals surface area contributed by atoms with E-state index in [1.807, 2.05) is 60.7 Å². The van der Waals surface area contributed by atoms with Crippen molar-refractivity contribution in [2.45, 2.75) is 18.9 Å². The highest BCUT2D eigenvalue weighted by Crippen LogP contribution is 2.30. The van der Waals surface area contributed by atoms with Crippen molar-refractivity contribution in [2.75, 3.05) is 4.90 Å². The second kappa shape index (κ2) is 7.41. The summed E-state index contributed by atoms with van der Waals surface area (Å²) < 4.78 is 0. The molecule has 1 heterocycles. The highest BCUT2D eigenvalue weighted by atomic mass is 16.2. The van der Waals surface area contributed by atoms with Gasteiger partial charge >= 0.3 is 6.03 Å². The zero-order valence-corrected chi connectivity index (χ0v) is 13.2. The molecule has 4 rings (SSSR count). The maximum atomic E-state index is 11.1. The molecule has 0 radical (unpaired) electrons. The van der Waals surface area contributed by atoms with Gasteiger partial charge in [-0.15, -0.1) is 0 Å². The Morgan fingerprint density at radius 3 is 2.17 bits per heavy atom. The summed E-state index contributed by atoms with van der Waals surface area (Å²) >= 11 is 0. The van der Waals surface area contributed by atoms with E-state index in [0.29, 0.717) is 6.04 Å². The number of aromatic amines is 1. The third-order valence-corrected chi connectivity index (χ3v) is 3.67. The van der Waals surface area contributed by atoms with Gasteiger partial charge in [0.05, 0.1) is 6.20 Å². The first-order chi connectivity index (χ1) is 11.8. The smallest absolute Gasteiger partial charge is 0.319 e. The number of primary amides is 1. The van der Waals surface area contributed by atoms with Crippen LogP contribution in [0.3, 0.4) is 0 Å². The molecule has 2 amide bonds. The molecule has 1 aliphatic rings. The Labute approximate surface area is 140 Å². The Hall–Kier alpha value is -3.15. The standard InChI is InChI=1S/C10H12N2O.C8H7N3/c11-10(13)12(9-6-7-9)8-4-2-1-3-5-8;1-2-4-7(5-3-1)8-6-9-11-10-8/h1-5,9H,6-7H2,(H2,11,13);1-6H,(H,9,10,11). The number of H-pyrrole nitrogens is 1. The third-order valence-electron chi connectivity index (χ3n) is 3.67. The number of benzene rings is 2. The number of aromatic nitrogens is 3. The summed E-state index contributed by atoms with van der Waals surface area (Å²) in [5, 5.41) is 10.2. The first-order valence-electron chi connectivity index (χ1n) is 7.80. The van der Waals surface area contributed by atoms with E-state index < -0.39 is 0 Å². The summed E-state index contributed by atoms with van der Waals surface area (Å²) in [6.07, 6.45) is 3.84. The maximum absolute atomic E-state index is 11.1. The topological polar surface area (TPSA) is 87.9 Å². The molecule has 0 bridgehead atoms. The zero-order chi connectivity index (χ0) is 16.8. The van der Waals surface area contributed by atoms with Gasteiger partial charge in [0, 0.05) is 17.3 Å². The number of amides is 2. The second-order valence-corrected chi connectivity index (χ2v) is 5.50. The summed E-state index contributed by atoms with van der Waals surface area (Å²) in [5.74, 6) is 0. The highest BCUT2D eigenvalue weighted by Gasteiger charge is 2.32. The van der Waals surface area contributed by atoms with Crippen molar-refractivity contribution in [3.05, 3.63) is 66.9 Å². The number of nitrogens with one attached hydrogen (secondary N) is 1. The van der Waals surface area contributed by atoms with Gasteiger partial charge in [0.15, 0.2) is 0 Å². The molecule has 0 atom stereocenters. The van der Waals surface area contributed by atoms with Crippen LogP contribution in [-0.2, 0) is 0 Å². The minimum atomic E-state index is -0.353. The molecule has 0 spiro atoms. The SMILES string of the molecule is NC(=O)N(c1ccccc1)C1CC1.c1ccc(-c2cn[nH]n2)cc1. The van der Waals surface area contributed by atoms with E-state index in [1.54, 1.807) is 11.1 Å². The molecule has 6 heteroatoms. The zero-order valence-electron chi connectivity index (χ0n) is 13.2. The summed E-state index contributed by atoms with van der Waals surface area (Å²) in [6, 6.07) is 19.5. The minimum absolute atomic E-state index is 0.333. The number of urea groups is 1. The molecule has 1 saturated carbocycles. The lowest BCUT2D eigenvalue weighted by Crippen LogP contribution is -2.37. The van der Waals surface area contributed by atoms with Crippen molar-refractivity contribution in [3.8, 4) is 11.3 Å². The van der Waals surface area contributed by atoms with Crippen LogP contribution >= 0.6 is 0 Å². The lowest BCUT2D eigenvalue weighted by atomic mass is 10.2. The van der Waals surface area contributed by atoms with Gasteiger partial charge in [-0.2, -0.15) is 15.4 Å². The maximum Gasteiger partial charge on any atom is 0.319 e. The molecule has 0 saturated heterocycles. The van der Waals surface area contributed by atoms with Crippen molar-refractivity contribution >= 4 is 11.7 Å². The Bertz CT molecular complexity index is 755. The average Bonchev–Trinajstić information content (AvgIpc) is 3.28. The van der Waals surface area contributed by atoms with E-state index in [2.05, 4.69) is 15.4 Å². The van der Waals surface area contributed by atoms with Crippen LogP contribution < -0.4 is 10.6 Å². The average molecular weight is 321 g/mol. The quantitative estimate of drug-likeness (QED) is 0.776. The van der Waals surface area contributed by atoms with E-state index >= 15 is 0 Å². The molecule has 0 unspecified atom stereocenters. The van der Waals surface area contributed by atoms with Gasteiger partial charge in [0.1, 0.15) is 5.69 Å². The fourth-order valence-corrected chi connectivity index (χ4v) is 2.39. The lowest BCUT2D eigenvalue weighted by Gasteiger charge is -2.19. The normalized spacial score (nSPS) is 12.8. The molecule has 122 valence electrons. The Morgan fingerprint density at radius 2 is 1.67 bits per heavy atom. The Morgan fingerprint density at radius 1 is 1.04 bits per heavy atom. The first kappa shape index (κ1) is 15.7. The van der Waals surface area contributed by atoms with Gasteiger partial charge in [-0.05, 0) is 25.0 Å². The van der Waals surface area contributed by atoms with Crippen LogP contribution in [0.1, 0.15) is 12.8 Å². The minimum Gasteiger partial charge on any atom is -0.351 e.